The minimum atomic E-state index is -3.12. The Morgan fingerprint density at radius 2 is 1.95 bits per heavy atom. The second-order valence-electron chi connectivity index (χ2n) is 5.89. The van der Waals surface area contributed by atoms with Gasteiger partial charge in [-0.1, -0.05) is 6.92 Å². The van der Waals surface area contributed by atoms with Gasteiger partial charge in [0.15, 0.2) is 0 Å². The van der Waals surface area contributed by atoms with E-state index >= 15 is 0 Å². The Bertz CT molecular complexity index is 448. The van der Waals surface area contributed by atoms with Gasteiger partial charge in [0.05, 0.1) is 12.3 Å². The quantitative estimate of drug-likeness (QED) is 0.774. The fourth-order valence-electron chi connectivity index (χ4n) is 2.86. The average molecular weight is 319 g/mol. The summed E-state index contributed by atoms with van der Waals surface area (Å²) >= 11 is 0. The van der Waals surface area contributed by atoms with Crippen molar-refractivity contribution in [2.24, 2.45) is 5.92 Å². The van der Waals surface area contributed by atoms with Crippen LogP contribution >= 0.6 is 0 Å². The lowest BCUT2D eigenvalue weighted by Gasteiger charge is -2.37. The molecule has 21 heavy (non-hydrogen) atoms. The zero-order valence-electron chi connectivity index (χ0n) is 13.8. The van der Waals surface area contributed by atoms with Crippen molar-refractivity contribution in [3.63, 3.8) is 0 Å². The molecule has 0 spiro atoms. The van der Waals surface area contributed by atoms with E-state index in [9.17, 15) is 13.2 Å². The number of piperidine rings is 1. The van der Waals surface area contributed by atoms with Crippen molar-refractivity contribution >= 4 is 15.9 Å². The van der Waals surface area contributed by atoms with Gasteiger partial charge < -0.3 is 10.2 Å². The molecule has 1 aliphatic heterocycles. The van der Waals surface area contributed by atoms with Gasteiger partial charge in [0.2, 0.25) is 15.9 Å². The Balaban J connectivity index is 2.59. The fourth-order valence-corrected chi connectivity index (χ4v) is 3.80. The smallest absolute Gasteiger partial charge is 0.239 e. The number of sulfonamides is 1. The molecular formula is C14H29N3O3S. The van der Waals surface area contributed by atoms with Crippen LogP contribution in [-0.4, -0.2) is 68.0 Å². The van der Waals surface area contributed by atoms with Gasteiger partial charge in [0, 0.05) is 32.2 Å². The number of amides is 1. The normalized spacial score (nSPS) is 25.6. The molecule has 0 aromatic carbocycles. The summed E-state index contributed by atoms with van der Waals surface area (Å²) in [5.41, 5.74) is 0. The molecule has 1 aliphatic rings. The molecule has 0 aliphatic carbocycles. The first-order chi connectivity index (χ1) is 9.70. The molecule has 0 saturated carbocycles. The number of rotatable bonds is 6. The molecule has 6 nitrogen and oxygen atoms in total. The summed E-state index contributed by atoms with van der Waals surface area (Å²) in [5.74, 6) is 0.304. The van der Waals surface area contributed by atoms with Crippen LogP contribution in [0, 0.1) is 5.92 Å². The third-order valence-corrected chi connectivity index (χ3v) is 5.52. The number of hydrogen-bond donors (Lipinski definition) is 1. The summed E-state index contributed by atoms with van der Waals surface area (Å²) in [6.45, 7) is 10.3. The lowest BCUT2D eigenvalue weighted by molar-refractivity contribution is -0.133. The summed E-state index contributed by atoms with van der Waals surface area (Å²) < 4.78 is 24.7. The number of carbonyl (C=O) groups is 1. The van der Waals surface area contributed by atoms with Gasteiger partial charge in [-0.2, -0.15) is 0 Å². The molecule has 0 unspecified atom stereocenters. The van der Waals surface area contributed by atoms with Gasteiger partial charge in [0.1, 0.15) is 0 Å². The van der Waals surface area contributed by atoms with Crippen molar-refractivity contribution < 1.29 is 13.2 Å². The Morgan fingerprint density at radius 3 is 2.38 bits per heavy atom. The zero-order chi connectivity index (χ0) is 16.2. The molecule has 124 valence electrons. The van der Waals surface area contributed by atoms with Crippen LogP contribution < -0.4 is 5.32 Å². The molecule has 0 aromatic heterocycles. The van der Waals surface area contributed by atoms with Crippen molar-refractivity contribution in [1.29, 1.82) is 0 Å². The standard InChI is InChI=1S/C14H29N3O3S/c1-6-16(7-2)14(18)12(4)15-13-8-9-17(10-11(13)3)21(5,19)20/h11-13,15H,6-10H2,1-5H3/t11-,12+,13-/m1/s1. The van der Waals surface area contributed by atoms with Crippen molar-refractivity contribution in [2.45, 2.75) is 46.2 Å². The van der Waals surface area contributed by atoms with Crippen LogP contribution in [0.4, 0.5) is 0 Å². The maximum atomic E-state index is 12.3. The second kappa shape index (κ2) is 7.56. The monoisotopic (exact) mass is 319 g/mol. The van der Waals surface area contributed by atoms with Gasteiger partial charge in [-0.3, -0.25) is 4.79 Å². The average Bonchev–Trinajstić information content (AvgIpc) is 2.41. The summed E-state index contributed by atoms with van der Waals surface area (Å²) in [5, 5.41) is 3.38. The maximum Gasteiger partial charge on any atom is 0.239 e. The van der Waals surface area contributed by atoms with E-state index in [1.165, 1.54) is 10.6 Å². The predicted molar refractivity (Wildman–Crippen MR) is 84.5 cm³/mol. The van der Waals surface area contributed by atoms with E-state index in [-0.39, 0.29) is 23.9 Å². The largest absolute Gasteiger partial charge is 0.342 e. The van der Waals surface area contributed by atoms with E-state index in [1.54, 1.807) is 0 Å². The van der Waals surface area contributed by atoms with E-state index < -0.39 is 10.0 Å². The van der Waals surface area contributed by atoms with E-state index in [4.69, 9.17) is 0 Å². The number of likely N-dealkylation sites (N-methyl/N-ethyl adjacent to an activating group) is 1. The molecule has 0 radical (unpaired) electrons. The first kappa shape index (κ1) is 18.4. The van der Waals surface area contributed by atoms with Crippen LogP contribution in [0.15, 0.2) is 0 Å². The SMILES string of the molecule is CCN(CC)C(=O)[C@H](C)N[C@@H]1CCN(S(C)(=O)=O)C[C@H]1C. The molecule has 1 amide bonds. The van der Waals surface area contributed by atoms with Crippen LogP contribution in [0.1, 0.15) is 34.1 Å². The van der Waals surface area contributed by atoms with E-state index in [0.717, 1.165) is 6.42 Å². The lowest BCUT2D eigenvalue weighted by atomic mass is 9.94. The van der Waals surface area contributed by atoms with Crippen molar-refractivity contribution in [1.82, 2.24) is 14.5 Å². The molecular weight excluding hydrogens is 290 g/mol. The third-order valence-electron chi connectivity index (χ3n) is 4.25. The summed E-state index contributed by atoms with van der Waals surface area (Å²) in [6.07, 6.45) is 1.99. The molecule has 1 saturated heterocycles. The van der Waals surface area contributed by atoms with Gasteiger partial charge in [0.25, 0.3) is 0 Å². The van der Waals surface area contributed by atoms with E-state index in [0.29, 0.717) is 26.2 Å². The summed E-state index contributed by atoms with van der Waals surface area (Å²) in [6, 6.07) is -0.0559. The topological polar surface area (TPSA) is 69.7 Å². The van der Waals surface area contributed by atoms with Crippen LogP contribution in [0.3, 0.4) is 0 Å². The molecule has 1 N–H and O–H groups in total. The minimum absolute atomic E-state index is 0.109. The maximum absolute atomic E-state index is 12.3. The van der Waals surface area contributed by atoms with Crippen molar-refractivity contribution in [3.8, 4) is 0 Å². The Labute approximate surface area is 128 Å². The molecule has 1 rings (SSSR count). The van der Waals surface area contributed by atoms with Crippen molar-refractivity contribution in [2.75, 3.05) is 32.4 Å². The number of carbonyl (C=O) groups excluding carboxylic acids is 1. The second-order valence-corrected chi connectivity index (χ2v) is 7.87. The highest BCUT2D eigenvalue weighted by atomic mass is 32.2. The Morgan fingerprint density at radius 1 is 1.38 bits per heavy atom. The Kier molecular flexibility index (Phi) is 6.62. The first-order valence-electron chi connectivity index (χ1n) is 7.70. The highest BCUT2D eigenvalue weighted by molar-refractivity contribution is 7.88. The first-order valence-corrected chi connectivity index (χ1v) is 9.55. The van der Waals surface area contributed by atoms with Gasteiger partial charge in [-0.05, 0) is 33.1 Å². The molecule has 1 heterocycles. The van der Waals surface area contributed by atoms with Crippen molar-refractivity contribution in [3.05, 3.63) is 0 Å². The van der Waals surface area contributed by atoms with Gasteiger partial charge >= 0.3 is 0 Å². The lowest BCUT2D eigenvalue weighted by Crippen LogP contribution is -2.55. The highest BCUT2D eigenvalue weighted by Crippen LogP contribution is 2.19. The molecule has 7 heteroatoms. The minimum Gasteiger partial charge on any atom is -0.342 e. The molecule has 0 aromatic rings. The van der Waals surface area contributed by atoms with Gasteiger partial charge in [-0.15, -0.1) is 0 Å². The zero-order valence-corrected chi connectivity index (χ0v) is 14.6. The summed E-state index contributed by atoms with van der Waals surface area (Å²) in [4.78, 5) is 14.1. The van der Waals surface area contributed by atoms with Crippen LogP contribution in [-0.2, 0) is 14.8 Å². The van der Waals surface area contributed by atoms with Crippen LogP contribution in [0.2, 0.25) is 0 Å². The number of nitrogens with one attached hydrogen (secondary N) is 1. The number of hydrogen-bond acceptors (Lipinski definition) is 4. The van der Waals surface area contributed by atoms with Gasteiger partial charge in [-0.25, -0.2) is 12.7 Å². The Hall–Kier alpha value is -0.660. The number of nitrogens with zero attached hydrogens (tertiary/aromatic N) is 2. The fraction of sp³-hybridized carbons (Fsp3) is 0.929. The van der Waals surface area contributed by atoms with Crippen LogP contribution in [0.25, 0.3) is 0 Å². The molecule has 1 fully saturated rings. The molecule has 0 bridgehead atoms. The van der Waals surface area contributed by atoms with E-state index in [2.05, 4.69) is 5.32 Å². The summed E-state index contributed by atoms with van der Waals surface area (Å²) in [7, 11) is -3.12. The highest BCUT2D eigenvalue weighted by Gasteiger charge is 2.32. The third kappa shape index (κ3) is 4.93. The predicted octanol–water partition coefficient (Wildman–Crippen LogP) is 0.503. The van der Waals surface area contributed by atoms with E-state index in [1.807, 2.05) is 32.6 Å². The molecule has 3 atom stereocenters. The van der Waals surface area contributed by atoms with Crippen LogP contribution in [0.5, 0.6) is 0 Å².